The van der Waals surface area contributed by atoms with Crippen LogP contribution in [0.1, 0.15) is 36.1 Å². The molecule has 6 heteroatoms. The third-order valence-electron chi connectivity index (χ3n) is 4.48. The largest absolute Gasteiger partial charge is 0.348 e. The second-order valence-corrected chi connectivity index (χ2v) is 7.56. The number of nitrogens with zero attached hydrogens (tertiary/aromatic N) is 5. The summed E-state index contributed by atoms with van der Waals surface area (Å²) >= 11 is 1.87. The molecular weight excluding hydrogens is 294 g/mol. The summed E-state index contributed by atoms with van der Waals surface area (Å²) < 4.78 is 1.89. The number of thiazole rings is 1. The highest BCUT2D eigenvalue weighted by atomic mass is 32.1. The van der Waals surface area contributed by atoms with E-state index in [1.807, 2.05) is 29.3 Å². The normalized spacial score (nSPS) is 18.5. The summed E-state index contributed by atoms with van der Waals surface area (Å²) in [7, 11) is 1.98. The van der Waals surface area contributed by atoms with Crippen molar-refractivity contribution in [3.8, 4) is 0 Å². The number of aromatic nitrogens is 3. The molecule has 4 rings (SSSR count). The Labute approximate surface area is 135 Å². The molecule has 118 valence electrons. The van der Waals surface area contributed by atoms with Crippen LogP contribution in [0, 0.1) is 0 Å². The average molecular weight is 317 g/mol. The third-order valence-corrected chi connectivity index (χ3v) is 5.53. The summed E-state index contributed by atoms with van der Waals surface area (Å²) in [5.74, 6) is 0. The van der Waals surface area contributed by atoms with Gasteiger partial charge in [-0.3, -0.25) is 9.58 Å². The van der Waals surface area contributed by atoms with Gasteiger partial charge in [-0.05, 0) is 25.7 Å². The minimum absolute atomic E-state index is 0.748. The van der Waals surface area contributed by atoms with Gasteiger partial charge in [-0.15, -0.1) is 11.3 Å². The summed E-state index contributed by atoms with van der Waals surface area (Å²) in [4.78, 5) is 11.0. The Morgan fingerprint density at radius 1 is 1.23 bits per heavy atom. The van der Waals surface area contributed by atoms with Crippen LogP contribution in [0.15, 0.2) is 18.6 Å². The predicted molar refractivity (Wildman–Crippen MR) is 89.0 cm³/mol. The molecule has 2 aromatic rings. The van der Waals surface area contributed by atoms with Crippen molar-refractivity contribution < 1.29 is 0 Å². The molecule has 0 aromatic carbocycles. The van der Waals surface area contributed by atoms with Crippen LogP contribution in [0.25, 0.3) is 0 Å². The van der Waals surface area contributed by atoms with E-state index in [9.17, 15) is 0 Å². The molecule has 2 aromatic heterocycles. The summed E-state index contributed by atoms with van der Waals surface area (Å²) in [5.41, 5.74) is 1.30. The highest BCUT2D eigenvalue weighted by Gasteiger charge is 2.29. The van der Waals surface area contributed by atoms with Gasteiger partial charge in [-0.2, -0.15) is 5.10 Å². The van der Waals surface area contributed by atoms with E-state index in [0.717, 1.165) is 19.1 Å². The van der Waals surface area contributed by atoms with Gasteiger partial charge >= 0.3 is 0 Å². The van der Waals surface area contributed by atoms with E-state index in [1.54, 1.807) is 0 Å². The van der Waals surface area contributed by atoms with Gasteiger partial charge in [0.25, 0.3) is 0 Å². The van der Waals surface area contributed by atoms with Gasteiger partial charge in [0.1, 0.15) is 0 Å². The van der Waals surface area contributed by atoms with Crippen LogP contribution in [0.5, 0.6) is 0 Å². The fraction of sp³-hybridized carbons (Fsp3) is 0.625. The fourth-order valence-corrected chi connectivity index (χ4v) is 4.15. The highest BCUT2D eigenvalue weighted by molar-refractivity contribution is 7.15. The first kappa shape index (κ1) is 14.2. The molecular formula is C16H23N5S. The van der Waals surface area contributed by atoms with Gasteiger partial charge < -0.3 is 4.90 Å². The van der Waals surface area contributed by atoms with Crippen molar-refractivity contribution in [3.05, 3.63) is 29.0 Å². The van der Waals surface area contributed by atoms with Gasteiger partial charge in [-0.1, -0.05) is 0 Å². The smallest absolute Gasteiger partial charge is 0.185 e. The Bertz CT molecular complexity index is 624. The highest BCUT2D eigenvalue weighted by Crippen LogP contribution is 2.32. The summed E-state index contributed by atoms with van der Waals surface area (Å²) in [6, 6.07) is 0.748. The molecule has 1 aliphatic carbocycles. The first-order valence-corrected chi connectivity index (χ1v) is 9.01. The van der Waals surface area contributed by atoms with Crippen LogP contribution < -0.4 is 4.90 Å². The molecule has 2 aliphatic rings. The Balaban J connectivity index is 1.43. The quantitative estimate of drug-likeness (QED) is 0.821. The van der Waals surface area contributed by atoms with Crippen LogP contribution in [0.2, 0.25) is 0 Å². The molecule has 1 saturated carbocycles. The lowest BCUT2D eigenvalue weighted by Gasteiger charge is -2.20. The standard InChI is InChI=1S/C16H23N5S/c1-19-10-13(8-18-19)11-21(14-4-5-14)12-15-9-17-16(22-15)20-6-2-3-7-20/h8-10,14H,2-7,11-12H2,1H3. The number of anilines is 1. The molecule has 3 heterocycles. The molecule has 1 saturated heterocycles. The minimum Gasteiger partial charge on any atom is -0.348 e. The third kappa shape index (κ3) is 3.17. The van der Waals surface area contributed by atoms with E-state index in [4.69, 9.17) is 0 Å². The van der Waals surface area contributed by atoms with Gasteiger partial charge in [0.15, 0.2) is 5.13 Å². The van der Waals surface area contributed by atoms with E-state index in [0.29, 0.717) is 0 Å². The molecule has 5 nitrogen and oxygen atoms in total. The van der Waals surface area contributed by atoms with Gasteiger partial charge in [0.2, 0.25) is 0 Å². The van der Waals surface area contributed by atoms with Gasteiger partial charge in [-0.25, -0.2) is 4.98 Å². The van der Waals surface area contributed by atoms with Crippen molar-refractivity contribution in [2.45, 2.75) is 44.8 Å². The molecule has 0 N–H and O–H groups in total. The second kappa shape index (κ2) is 6.01. The Kier molecular flexibility index (Phi) is 3.88. The average Bonchev–Trinajstić information content (AvgIpc) is 2.93. The van der Waals surface area contributed by atoms with Crippen LogP contribution in [-0.4, -0.2) is 38.8 Å². The lowest BCUT2D eigenvalue weighted by atomic mass is 10.3. The fourth-order valence-electron chi connectivity index (χ4n) is 3.17. The first-order valence-electron chi connectivity index (χ1n) is 8.19. The molecule has 0 bridgehead atoms. The Morgan fingerprint density at radius 2 is 2.05 bits per heavy atom. The Hall–Kier alpha value is -1.40. The first-order chi connectivity index (χ1) is 10.8. The molecule has 0 atom stereocenters. The van der Waals surface area contributed by atoms with E-state index in [-0.39, 0.29) is 0 Å². The van der Waals surface area contributed by atoms with Crippen LogP contribution in [0.3, 0.4) is 0 Å². The SMILES string of the molecule is Cn1cc(CN(Cc2cnc(N3CCCC3)s2)C2CC2)cn1. The predicted octanol–water partition coefficient (Wildman–Crippen LogP) is 2.64. The monoisotopic (exact) mass is 317 g/mol. The Morgan fingerprint density at radius 3 is 2.73 bits per heavy atom. The lowest BCUT2D eigenvalue weighted by molar-refractivity contribution is 0.248. The van der Waals surface area contributed by atoms with E-state index >= 15 is 0 Å². The zero-order chi connectivity index (χ0) is 14.9. The van der Waals surface area contributed by atoms with Crippen LogP contribution in [0.4, 0.5) is 5.13 Å². The zero-order valence-electron chi connectivity index (χ0n) is 13.1. The van der Waals surface area contributed by atoms with Gasteiger partial charge in [0, 0.05) is 62.1 Å². The lowest BCUT2D eigenvalue weighted by Crippen LogP contribution is -2.24. The van der Waals surface area contributed by atoms with Crippen molar-refractivity contribution in [2.75, 3.05) is 18.0 Å². The summed E-state index contributed by atoms with van der Waals surface area (Å²) in [5, 5.41) is 5.50. The van der Waals surface area contributed by atoms with E-state index < -0.39 is 0 Å². The van der Waals surface area contributed by atoms with Crippen molar-refractivity contribution in [1.29, 1.82) is 0 Å². The molecule has 1 aliphatic heterocycles. The number of hydrogen-bond donors (Lipinski definition) is 0. The van der Waals surface area contributed by atoms with Crippen LogP contribution in [-0.2, 0) is 20.1 Å². The number of rotatable bonds is 6. The summed E-state index contributed by atoms with van der Waals surface area (Å²) in [6.07, 6.45) is 11.5. The maximum Gasteiger partial charge on any atom is 0.185 e. The maximum atomic E-state index is 4.64. The van der Waals surface area contributed by atoms with Crippen molar-refractivity contribution >= 4 is 16.5 Å². The molecule has 0 amide bonds. The number of aryl methyl sites for hydroxylation is 1. The van der Waals surface area contributed by atoms with Crippen LogP contribution >= 0.6 is 11.3 Å². The number of hydrogen-bond acceptors (Lipinski definition) is 5. The molecule has 0 spiro atoms. The maximum absolute atomic E-state index is 4.64. The molecule has 0 unspecified atom stereocenters. The van der Waals surface area contributed by atoms with E-state index in [1.165, 1.54) is 54.3 Å². The summed E-state index contributed by atoms with van der Waals surface area (Å²) in [6.45, 7) is 4.37. The molecule has 2 fully saturated rings. The minimum atomic E-state index is 0.748. The van der Waals surface area contributed by atoms with Crippen molar-refractivity contribution in [3.63, 3.8) is 0 Å². The van der Waals surface area contributed by atoms with Crippen molar-refractivity contribution in [2.24, 2.45) is 7.05 Å². The van der Waals surface area contributed by atoms with Crippen molar-refractivity contribution in [1.82, 2.24) is 19.7 Å². The van der Waals surface area contributed by atoms with E-state index in [2.05, 4.69) is 32.3 Å². The second-order valence-electron chi connectivity index (χ2n) is 6.46. The topological polar surface area (TPSA) is 37.2 Å². The molecule has 0 radical (unpaired) electrons. The zero-order valence-corrected chi connectivity index (χ0v) is 13.9. The van der Waals surface area contributed by atoms with Gasteiger partial charge in [0.05, 0.1) is 6.20 Å². The molecule has 22 heavy (non-hydrogen) atoms.